The van der Waals surface area contributed by atoms with Gasteiger partial charge in [0.1, 0.15) is 0 Å². The number of esters is 1. The van der Waals surface area contributed by atoms with Crippen molar-refractivity contribution in [3.63, 3.8) is 0 Å². The number of carbonyl (C=O) groups is 2. The fraction of sp³-hybridized carbons (Fsp3) is 0.133. The molecule has 0 unspecified atom stereocenters. The second-order valence-electron chi connectivity index (χ2n) is 3.96. The van der Waals surface area contributed by atoms with Crippen LogP contribution in [0.5, 0.6) is 5.88 Å². The molecule has 5 nitrogen and oxygen atoms in total. The zero-order valence-electron chi connectivity index (χ0n) is 11.1. The van der Waals surface area contributed by atoms with E-state index in [2.05, 4.69) is 9.72 Å². The third-order valence-electron chi connectivity index (χ3n) is 2.78. The summed E-state index contributed by atoms with van der Waals surface area (Å²) in [6.07, 6.45) is 1.41. The molecular weight excluding hydrogens is 258 g/mol. The molecule has 0 aliphatic carbocycles. The standard InChI is InChI=1S/C15H13NO4/c1-19-13-8-7-10(9-16-13)14(17)11-5-3-4-6-12(11)15(18)20-2/h3-9H,1-2H3. The second-order valence-corrected chi connectivity index (χ2v) is 3.96. The van der Waals surface area contributed by atoms with Crippen LogP contribution < -0.4 is 4.74 Å². The molecule has 0 amide bonds. The number of benzene rings is 1. The van der Waals surface area contributed by atoms with E-state index in [1.54, 1.807) is 36.4 Å². The van der Waals surface area contributed by atoms with E-state index in [9.17, 15) is 9.59 Å². The average Bonchev–Trinajstić information content (AvgIpc) is 2.53. The Morgan fingerprint density at radius 3 is 2.25 bits per heavy atom. The zero-order chi connectivity index (χ0) is 14.5. The van der Waals surface area contributed by atoms with E-state index in [4.69, 9.17) is 4.74 Å². The van der Waals surface area contributed by atoms with Crippen molar-refractivity contribution in [2.75, 3.05) is 14.2 Å². The minimum absolute atomic E-state index is 0.232. The Labute approximate surface area is 116 Å². The molecule has 0 N–H and O–H groups in total. The SMILES string of the molecule is COC(=O)c1ccccc1C(=O)c1ccc(OC)nc1. The maximum Gasteiger partial charge on any atom is 0.338 e. The maximum absolute atomic E-state index is 12.4. The van der Waals surface area contributed by atoms with E-state index in [-0.39, 0.29) is 16.9 Å². The maximum atomic E-state index is 12.4. The van der Waals surface area contributed by atoms with E-state index in [1.165, 1.54) is 20.4 Å². The van der Waals surface area contributed by atoms with Crippen molar-refractivity contribution in [1.29, 1.82) is 0 Å². The van der Waals surface area contributed by atoms with Gasteiger partial charge in [-0.25, -0.2) is 9.78 Å². The number of pyridine rings is 1. The molecule has 0 spiro atoms. The average molecular weight is 271 g/mol. The van der Waals surface area contributed by atoms with Gasteiger partial charge in [0.15, 0.2) is 5.78 Å². The van der Waals surface area contributed by atoms with Gasteiger partial charge in [0.25, 0.3) is 0 Å². The lowest BCUT2D eigenvalue weighted by Crippen LogP contribution is -2.11. The fourth-order valence-electron chi connectivity index (χ4n) is 1.76. The summed E-state index contributed by atoms with van der Waals surface area (Å²) < 4.78 is 9.61. The highest BCUT2D eigenvalue weighted by Gasteiger charge is 2.18. The molecule has 1 heterocycles. The molecule has 0 bridgehead atoms. The summed E-state index contributed by atoms with van der Waals surface area (Å²) in [5.41, 5.74) is 0.893. The number of methoxy groups -OCH3 is 2. The molecule has 2 rings (SSSR count). The quantitative estimate of drug-likeness (QED) is 0.629. The highest BCUT2D eigenvalue weighted by Crippen LogP contribution is 2.16. The summed E-state index contributed by atoms with van der Waals surface area (Å²) in [4.78, 5) is 28.0. The zero-order valence-corrected chi connectivity index (χ0v) is 11.1. The lowest BCUT2D eigenvalue weighted by molar-refractivity contribution is 0.0597. The molecular formula is C15H13NO4. The first kappa shape index (κ1) is 13.7. The molecule has 102 valence electrons. The van der Waals surface area contributed by atoms with Crippen LogP contribution in [0.4, 0.5) is 0 Å². The van der Waals surface area contributed by atoms with Crippen molar-refractivity contribution in [3.05, 3.63) is 59.3 Å². The Morgan fingerprint density at radius 1 is 1.00 bits per heavy atom. The summed E-state index contributed by atoms with van der Waals surface area (Å²) in [6, 6.07) is 9.69. The van der Waals surface area contributed by atoms with Gasteiger partial charge in [0, 0.05) is 23.4 Å². The van der Waals surface area contributed by atoms with Crippen LogP contribution in [0.1, 0.15) is 26.3 Å². The number of ether oxygens (including phenoxy) is 2. The molecule has 0 saturated heterocycles. The summed E-state index contributed by atoms with van der Waals surface area (Å²) in [7, 11) is 2.77. The molecule has 0 fully saturated rings. The molecule has 1 aromatic carbocycles. The molecule has 20 heavy (non-hydrogen) atoms. The summed E-state index contributed by atoms with van der Waals surface area (Å²) in [5, 5.41) is 0. The van der Waals surface area contributed by atoms with Gasteiger partial charge in [-0.2, -0.15) is 0 Å². The predicted molar refractivity (Wildman–Crippen MR) is 72.0 cm³/mol. The molecule has 0 radical (unpaired) electrons. The largest absolute Gasteiger partial charge is 0.481 e. The highest BCUT2D eigenvalue weighted by molar-refractivity contribution is 6.14. The first-order chi connectivity index (χ1) is 9.67. The third-order valence-corrected chi connectivity index (χ3v) is 2.78. The first-order valence-electron chi connectivity index (χ1n) is 5.89. The van der Waals surface area contributed by atoms with Gasteiger partial charge in [-0.15, -0.1) is 0 Å². The van der Waals surface area contributed by atoms with E-state index in [1.807, 2.05) is 0 Å². The van der Waals surface area contributed by atoms with Crippen molar-refractivity contribution in [3.8, 4) is 5.88 Å². The number of carbonyl (C=O) groups excluding carboxylic acids is 2. The Hall–Kier alpha value is -2.69. The normalized spacial score (nSPS) is 9.90. The van der Waals surface area contributed by atoms with Crippen molar-refractivity contribution >= 4 is 11.8 Å². The molecule has 1 aromatic heterocycles. The van der Waals surface area contributed by atoms with Gasteiger partial charge in [0.2, 0.25) is 5.88 Å². The Morgan fingerprint density at radius 2 is 1.70 bits per heavy atom. The molecule has 0 aliphatic heterocycles. The molecule has 2 aromatic rings. The van der Waals surface area contributed by atoms with Gasteiger partial charge >= 0.3 is 5.97 Å². The van der Waals surface area contributed by atoms with Crippen molar-refractivity contribution < 1.29 is 19.1 Å². The topological polar surface area (TPSA) is 65.5 Å². The van der Waals surface area contributed by atoms with Crippen LogP contribution in [0.25, 0.3) is 0 Å². The van der Waals surface area contributed by atoms with Gasteiger partial charge in [-0.05, 0) is 12.1 Å². The van der Waals surface area contributed by atoms with Gasteiger partial charge < -0.3 is 9.47 Å². The van der Waals surface area contributed by atoms with Crippen LogP contribution in [0.3, 0.4) is 0 Å². The number of ketones is 1. The smallest absolute Gasteiger partial charge is 0.338 e. The van der Waals surface area contributed by atoms with E-state index < -0.39 is 5.97 Å². The van der Waals surface area contributed by atoms with Gasteiger partial charge in [0.05, 0.1) is 19.8 Å². The number of aromatic nitrogens is 1. The van der Waals surface area contributed by atoms with Crippen LogP contribution >= 0.6 is 0 Å². The highest BCUT2D eigenvalue weighted by atomic mass is 16.5. The second kappa shape index (κ2) is 5.97. The fourth-order valence-corrected chi connectivity index (χ4v) is 1.76. The Bertz CT molecular complexity index is 635. The van der Waals surface area contributed by atoms with Crippen LogP contribution in [0, 0.1) is 0 Å². The lowest BCUT2D eigenvalue weighted by atomic mass is 9.99. The van der Waals surface area contributed by atoms with Crippen molar-refractivity contribution in [2.24, 2.45) is 0 Å². The lowest BCUT2D eigenvalue weighted by Gasteiger charge is -2.07. The Balaban J connectivity index is 2.40. The van der Waals surface area contributed by atoms with E-state index in [0.29, 0.717) is 11.4 Å². The van der Waals surface area contributed by atoms with Crippen molar-refractivity contribution in [1.82, 2.24) is 4.98 Å². The van der Waals surface area contributed by atoms with Crippen LogP contribution in [0.15, 0.2) is 42.6 Å². The molecule has 5 heteroatoms. The monoisotopic (exact) mass is 271 g/mol. The van der Waals surface area contributed by atoms with Gasteiger partial charge in [-0.1, -0.05) is 18.2 Å². The number of rotatable bonds is 4. The number of hydrogen-bond acceptors (Lipinski definition) is 5. The van der Waals surface area contributed by atoms with E-state index >= 15 is 0 Å². The van der Waals surface area contributed by atoms with E-state index in [0.717, 1.165) is 0 Å². The third kappa shape index (κ3) is 2.66. The molecule has 0 aliphatic rings. The van der Waals surface area contributed by atoms with Crippen molar-refractivity contribution in [2.45, 2.75) is 0 Å². The molecule has 0 saturated carbocycles. The first-order valence-corrected chi connectivity index (χ1v) is 5.89. The van der Waals surface area contributed by atoms with Gasteiger partial charge in [-0.3, -0.25) is 4.79 Å². The Kier molecular flexibility index (Phi) is 4.10. The minimum Gasteiger partial charge on any atom is -0.481 e. The predicted octanol–water partition coefficient (Wildman–Crippen LogP) is 2.11. The number of hydrogen-bond donors (Lipinski definition) is 0. The number of nitrogens with zero attached hydrogens (tertiary/aromatic N) is 1. The summed E-state index contributed by atoms with van der Waals surface area (Å²) >= 11 is 0. The van der Waals surface area contributed by atoms with Crippen LogP contribution in [-0.4, -0.2) is 31.0 Å². The van der Waals surface area contributed by atoms with Crippen LogP contribution in [-0.2, 0) is 4.74 Å². The summed E-state index contributed by atoms with van der Waals surface area (Å²) in [6.45, 7) is 0. The van der Waals surface area contributed by atoms with Crippen LogP contribution in [0.2, 0.25) is 0 Å². The minimum atomic E-state index is -0.546. The molecule has 0 atom stereocenters. The summed E-state index contributed by atoms with van der Waals surface area (Å²) in [5.74, 6) is -0.417.